The average Bonchev–Trinajstić information content (AvgIpc) is 2.35. The van der Waals surface area contributed by atoms with Gasteiger partial charge < -0.3 is 4.74 Å². The molecule has 0 amide bonds. The summed E-state index contributed by atoms with van der Waals surface area (Å²) in [5, 5.41) is 0. The van der Waals surface area contributed by atoms with Gasteiger partial charge >= 0.3 is 5.97 Å². The van der Waals surface area contributed by atoms with Crippen LogP contribution >= 0.6 is 0 Å². The largest absolute Gasteiger partial charge is 0.469 e. The number of benzene rings is 1. The molecule has 0 bridgehead atoms. The van der Waals surface area contributed by atoms with Crippen molar-refractivity contribution >= 4 is 5.97 Å². The molecule has 0 aliphatic rings. The average molecular weight is 234 g/mol. The summed E-state index contributed by atoms with van der Waals surface area (Å²) in [7, 11) is 1.44. The lowest BCUT2D eigenvalue weighted by molar-refractivity contribution is -0.140. The Morgan fingerprint density at radius 2 is 1.82 bits per heavy atom. The van der Waals surface area contributed by atoms with E-state index in [1.54, 1.807) is 0 Å². The number of carbonyl (C=O) groups is 1. The molecule has 1 aromatic carbocycles. The lowest BCUT2D eigenvalue weighted by Gasteiger charge is -2.25. The van der Waals surface area contributed by atoms with Crippen LogP contribution in [0.15, 0.2) is 30.3 Å². The molecule has 0 N–H and O–H groups in total. The van der Waals surface area contributed by atoms with Crippen LogP contribution in [0.3, 0.4) is 0 Å². The van der Waals surface area contributed by atoms with Gasteiger partial charge in [-0.1, -0.05) is 50.6 Å². The first-order chi connectivity index (χ1) is 8.06. The lowest BCUT2D eigenvalue weighted by Crippen LogP contribution is -2.16. The number of unbranched alkanes of at least 4 members (excludes halogenated alkanes) is 1. The van der Waals surface area contributed by atoms with Gasteiger partial charge in [-0.3, -0.25) is 4.79 Å². The van der Waals surface area contributed by atoms with Gasteiger partial charge in [0.05, 0.1) is 7.11 Å². The van der Waals surface area contributed by atoms with E-state index in [4.69, 9.17) is 0 Å². The van der Waals surface area contributed by atoms with E-state index in [-0.39, 0.29) is 11.4 Å². The third kappa shape index (κ3) is 4.59. The van der Waals surface area contributed by atoms with Gasteiger partial charge in [-0.2, -0.15) is 0 Å². The molecule has 0 aromatic heterocycles. The number of hydrogen-bond donors (Lipinski definition) is 0. The summed E-state index contributed by atoms with van der Waals surface area (Å²) in [6, 6.07) is 10.5. The zero-order valence-electron chi connectivity index (χ0n) is 11.0. The van der Waals surface area contributed by atoms with E-state index in [0.717, 1.165) is 19.3 Å². The molecule has 0 spiro atoms. The van der Waals surface area contributed by atoms with Crippen molar-refractivity contribution in [2.75, 3.05) is 7.11 Å². The summed E-state index contributed by atoms with van der Waals surface area (Å²) in [6.45, 7) is 4.50. The van der Waals surface area contributed by atoms with Gasteiger partial charge in [0.1, 0.15) is 0 Å². The zero-order chi connectivity index (χ0) is 12.7. The summed E-state index contributed by atoms with van der Waals surface area (Å²) in [4.78, 5) is 11.0. The highest BCUT2D eigenvalue weighted by molar-refractivity contribution is 5.68. The Balaban J connectivity index is 2.38. The maximum atomic E-state index is 11.0. The van der Waals surface area contributed by atoms with E-state index in [9.17, 15) is 4.79 Å². The van der Waals surface area contributed by atoms with Crippen LogP contribution in [0.25, 0.3) is 0 Å². The van der Waals surface area contributed by atoms with Gasteiger partial charge in [0.25, 0.3) is 0 Å². The Kier molecular flexibility index (Phi) is 5.20. The van der Waals surface area contributed by atoms with E-state index < -0.39 is 0 Å². The number of esters is 1. The minimum absolute atomic E-state index is 0.109. The first kappa shape index (κ1) is 13.8. The normalized spacial score (nSPS) is 11.2. The van der Waals surface area contributed by atoms with Crippen molar-refractivity contribution in [3.05, 3.63) is 35.9 Å². The molecule has 0 atom stereocenters. The molecular weight excluding hydrogens is 212 g/mol. The van der Waals surface area contributed by atoms with Gasteiger partial charge in [0.15, 0.2) is 0 Å². The predicted octanol–water partition coefficient (Wildman–Crippen LogP) is 3.70. The third-order valence-corrected chi connectivity index (χ3v) is 3.22. The van der Waals surface area contributed by atoms with Crippen LogP contribution in [0.1, 0.15) is 45.1 Å². The summed E-state index contributed by atoms with van der Waals surface area (Å²) >= 11 is 0. The summed E-state index contributed by atoms with van der Waals surface area (Å²) in [5.74, 6) is -0.109. The minimum Gasteiger partial charge on any atom is -0.469 e. The Labute approximate surface area is 104 Å². The van der Waals surface area contributed by atoms with Gasteiger partial charge in [-0.05, 0) is 23.8 Å². The molecule has 1 aromatic rings. The fourth-order valence-corrected chi connectivity index (χ4v) is 1.97. The standard InChI is InChI=1S/C15H22O2/c1-15(2,13-9-5-4-6-10-13)12-8-7-11-14(16)17-3/h4-6,9-10H,7-8,11-12H2,1-3H3. The monoisotopic (exact) mass is 234 g/mol. The Morgan fingerprint density at radius 3 is 2.41 bits per heavy atom. The highest BCUT2D eigenvalue weighted by Gasteiger charge is 2.19. The van der Waals surface area contributed by atoms with Crippen molar-refractivity contribution in [2.24, 2.45) is 0 Å². The molecule has 0 fully saturated rings. The van der Waals surface area contributed by atoms with Crippen molar-refractivity contribution in [3.63, 3.8) is 0 Å². The fraction of sp³-hybridized carbons (Fsp3) is 0.533. The molecule has 94 valence electrons. The third-order valence-electron chi connectivity index (χ3n) is 3.22. The van der Waals surface area contributed by atoms with Crippen molar-refractivity contribution in [1.29, 1.82) is 0 Å². The van der Waals surface area contributed by atoms with Crippen LogP contribution in [0.4, 0.5) is 0 Å². The fourth-order valence-electron chi connectivity index (χ4n) is 1.97. The van der Waals surface area contributed by atoms with E-state index >= 15 is 0 Å². The van der Waals surface area contributed by atoms with E-state index in [1.807, 2.05) is 6.07 Å². The molecule has 0 aliphatic heterocycles. The number of carbonyl (C=O) groups excluding carboxylic acids is 1. The second-order valence-corrected chi connectivity index (χ2v) is 5.03. The number of rotatable bonds is 6. The van der Waals surface area contributed by atoms with Crippen molar-refractivity contribution in [3.8, 4) is 0 Å². The van der Waals surface area contributed by atoms with E-state index in [1.165, 1.54) is 12.7 Å². The zero-order valence-corrected chi connectivity index (χ0v) is 11.0. The number of hydrogen-bond acceptors (Lipinski definition) is 2. The predicted molar refractivity (Wildman–Crippen MR) is 70.0 cm³/mol. The van der Waals surface area contributed by atoms with Crippen molar-refractivity contribution in [1.82, 2.24) is 0 Å². The topological polar surface area (TPSA) is 26.3 Å². The lowest BCUT2D eigenvalue weighted by atomic mass is 9.80. The quantitative estimate of drug-likeness (QED) is 0.554. The van der Waals surface area contributed by atoms with Gasteiger partial charge in [-0.25, -0.2) is 0 Å². The molecule has 0 radical (unpaired) electrons. The van der Waals surface area contributed by atoms with Crippen LogP contribution in [0, 0.1) is 0 Å². The minimum atomic E-state index is -0.109. The molecule has 0 saturated heterocycles. The second kappa shape index (κ2) is 6.43. The molecule has 0 unspecified atom stereocenters. The molecule has 2 heteroatoms. The Hall–Kier alpha value is -1.31. The second-order valence-electron chi connectivity index (χ2n) is 5.03. The van der Waals surface area contributed by atoms with Crippen LogP contribution in [-0.2, 0) is 14.9 Å². The van der Waals surface area contributed by atoms with Crippen LogP contribution < -0.4 is 0 Å². The smallest absolute Gasteiger partial charge is 0.305 e. The molecule has 0 saturated carbocycles. The van der Waals surface area contributed by atoms with Gasteiger partial charge in [-0.15, -0.1) is 0 Å². The molecule has 2 nitrogen and oxygen atoms in total. The Bertz CT molecular complexity index is 341. The summed E-state index contributed by atoms with van der Waals surface area (Å²) in [5.41, 5.74) is 1.54. The van der Waals surface area contributed by atoms with Crippen LogP contribution in [0.5, 0.6) is 0 Å². The highest BCUT2D eigenvalue weighted by Crippen LogP contribution is 2.28. The first-order valence-electron chi connectivity index (χ1n) is 6.18. The highest BCUT2D eigenvalue weighted by atomic mass is 16.5. The molecular formula is C15H22O2. The van der Waals surface area contributed by atoms with Gasteiger partial charge in [0.2, 0.25) is 0 Å². The maximum absolute atomic E-state index is 11.0. The van der Waals surface area contributed by atoms with Crippen molar-refractivity contribution < 1.29 is 9.53 Å². The van der Waals surface area contributed by atoms with Gasteiger partial charge in [0, 0.05) is 6.42 Å². The SMILES string of the molecule is COC(=O)CCCCC(C)(C)c1ccccc1. The molecule has 0 aliphatic carbocycles. The summed E-state index contributed by atoms with van der Waals surface area (Å²) < 4.78 is 4.63. The van der Waals surface area contributed by atoms with E-state index in [0.29, 0.717) is 6.42 Å². The van der Waals surface area contributed by atoms with E-state index in [2.05, 4.69) is 42.8 Å². The molecule has 1 rings (SSSR count). The molecule has 0 heterocycles. The first-order valence-corrected chi connectivity index (χ1v) is 6.18. The number of ether oxygens (including phenoxy) is 1. The maximum Gasteiger partial charge on any atom is 0.305 e. The summed E-state index contributed by atoms with van der Waals surface area (Å²) in [6.07, 6.45) is 3.58. The molecule has 17 heavy (non-hydrogen) atoms. The Morgan fingerprint density at radius 1 is 1.18 bits per heavy atom. The number of methoxy groups -OCH3 is 1. The van der Waals surface area contributed by atoms with Crippen LogP contribution in [0.2, 0.25) is 0 Å². The van der Waals surface area contributed by atoms with Crippen LogP contribution in [-0.4, -0.2) is 13.1 Å². The van der Waals surface area contributed by atoms with Crippen molar-refractivity contribution in [2.45, 2.75) is 44.9 Å².